The number of rotatable bonds is 9. The molecule has 0 saturated carbocycles. The van der Waals surface area contributed by atoms with E-state index in [4.69, 9.17) is 0 Å². The molecule has 1 fully saturated rings. The van der Waals surface area contributed by atoms with Gasteiger partial charge in [-0.1, -0.05) is 12.6 Å². The van der Waals surface area contributed by atoms with E-state index in [2.05, 4.69) is 42.2 Å². The number of fused-ring (bicyclic) bond motifs is 1. The van der Waals surface area contributed by atoms with Gasteiger partial charge >= 0.3 is 6.18 Å². The molecule has 0 bridgehead atoms. The van der Waals surface area contributed by atoms with E-state index in [9.17, 15) is 13.2 Å². The number of anilines is 2. The van der Waals surface area contributed by atoms with Crippen molar-refractivity contribution in [3.63, 3.8) is 0 Å². The van der Waals surface area contributed by atoms with Crippen molar-refractivity contribution in [2.45, 2.75) is 25.4 Å². The monoisotopic (exact) mass is 508 g/mol. The maximum absolute atomic E-state index is 13.2. The van der Waals surface area contributed by atoms with E-state index in [1.165, 1.54) is 38.1 Å². The number of hydrogen-bond acceptors (Lipinski definition) is 7. The van der Waals surface area contributed by atoms with Gasteiger partial charge < -0.3 is 15.5 Å². The first kappa shape index (κ1) is 24.7. The zero-order chi connectivity index (χ0) is 25.8. The Hall–Kier alpha value is -3.99. The summed E-state index contributed by atoms with van der Waals surface area (Å²) in [6, 6.07) is 9.07. The summed E-state index contributed by atoms with van der Waals surface area (Å²) in [5.74, 6) is 0.482. The molecule has 37 heavy (non-hydrogen) atoms. The third kappa shape index (κ3) is 5.72. The highest BCUT2D eigenvalue weighted by Gasteiger charge is 2.32. The summed E-state index contributed by atoms with van der Waals surface area (Å²) >= 11 is 0. The number of nitrogens with zero attached hydrogens (tertiary/aromatic N) is 6. The van der Waals surface area contributed by atoms with Gasteiger partial charge in [0.2, 0.25) is 5.82 Å². The number of alkyl halides is 3. The molecule has 0 radical (unpaired) electrons. The van der Waals surface area contributed by atoms with Gasteiger partial charge in [-0.3, -0.25) is 4.98 Å². The van der Waals surface area contributed by atoms with E-state index in [-0.39, 0.29) is 11.5 Å². The fourth-order valence-electron chi connectivity index (χ4n) is 4.37. The molecule has 0 unspecified atom stereocenters. The first-order chi connectivity index (χ1) is 17.9. The molecular formula is C26H27F3N8. The Labute approximate surface area is 212 Å². The van der Waals surface area contributed by atoms with Gasteiger partial charge in [0.05, 0.1) is 5.69 Å². The topological polar surface area (TPSA) is 83.3 Å². The van der Waals surface area contributed by atoms with Crippen LogP contribution in [0, 0.1) is 0 Å². The highest BCUT2D eigenvalue weighted by Crippen LogP contribution is 2.30. The second-order valence-corrected chi connectivity index (χ2v) is 8.88. The Kier molecular flexibility index (Phi) is 7.04. The summed E-state index contributed by atoms with van der Waals surface area (Å²) < 4.78 is 41.2. The summed E-state index contributed by atoms with van der Waals surface area (Å²) in [4.78, 5) is 15.0. The maximum atomic E-state index is 13.2. The molecule has 0 aromatic carbocycles. The van der Waals surface area contributed by atoms with Crippen molar-refractivity contribution in [3.05, 3.63) is 72.8 Å². The molecule has 0 spiro atoms. The number of likely N-dealkylation sites (tertiary alicyclic amines) is 1. The Morgan fingerprint density at radius 2 is 1.89 bits per heavy atom. The molecule has 1 aliphatic heterocycles. The number of halogens is 3. The third-order valence-corrected chi connectivity index (χ3v) is 6.25. The van der Waals surface area contributed by atoms with Crippen LogP contribution in [-0.2, 0) is 6.18 Å². The molecule has 11 heteroatoms. The summed E-state index contributed by atoms with van der Waals surface area (Å²) in [6.07, 6.45) is 4.05. The van der Waals surface area contributed by atoms with Gasteiger partial charge in [0.25, 0.3) is 0 Å². The Balaban J connectivity index is 1.38. The summed E-state index contributed by atoms with van der Waals surface area (Å²) in [7, 11) is 0. The third-order valence-electron chi connectivity index (χ3n) is 6.25. The van der Waals surface area contributed by atoms with Crippen molar-refractivity contribution in [1.82, 2.24) is 34.8 Å². The van der Waals surface area contributed by atoms with E-state index in [0.717, 1.165) is 36.8 Å². The van der Waals surface area contributed by atoms with Crippen LogP contribution in [0.15, 0.2) is 61.6 Å². The SMILES string of the molecule is C=C(NCCCN1CCCC1)c1cnccc1Nc1nc(-c2cccc(C(F)(F)F)n2)nn2cccc12. The van der Waals surface area contributed by atoms with E-state index in [1.807, 2.05) is 6.07 Å². The number of nitrogens with one attached hydrogen (secondary N) is 2. The molecule has 1 saturated heterocycles. The largest absolute Gasteiger partial charge is 0.433 e. The van der Waals surface area contributed by atoms with Crippen LogP contribution in [0.5, 0.6) is 0 Å². The molecule has 5 heterocycles. The molecular weight excluding hydrogens is 481 g/mol. The molecule has 2 N–H and O–H groups in total. The maximum Gasteiger partial charge on any atom is 0.433 e. The highest BCUT2D eigenvalue weighted by atomic mass is 19.4. The van der Waals surface area contributed by atoms with Crippen LogP contribution in [0.2, 0.25) is 0 Å². The average Bonchev–Trinajstić information content (AvgIpc) is 3.59. The zero-order valence-corrected chi connectivity index (χ0v) is 20.2. The lowest BCUT2D eigenvalue weighted by Crippen LogP contribution is -2.24. The fourth-order valence-corrected chi connectivity index (χ4v) is 4.37. The lowest BCUT2D eigenvalue weighted by atomic mass is 10.1. The molecule has 4 aromatic heterocycles. The van der Waals surface area contributed by atoms with E-state index >= 15 is 0 Å². The molecule has 1 aliphatic rings. The lowest BCUT2D eigenvalue weighted by Gasteiger charge is -2.17. The van der Waals surface area contributed by atoms with Gasteiger partial charge in [0, 0.05) is 36.4 Å². The first-order valence-corrected chi connectivity index (χ1v) is 12.1. The van der Waals surface area contributed by atoms with Crippen LogP contribution in [0.1, 0.15) is 30.5 Å². The van der Waals surface area contributed by atoms with E-state index in [0.29, 0.717) is 17.0 Å². The van der Waals surface area contributed by atoms with Gasteiger partial charge in [-0.05, 0) is 69.2 Å². The summed E-state index contributed by atoms with van der Waals surface area (Å²) in [6.45, 7) is 8.36. The Morgan fingerprint density at radius 1 is 1.05 bits per heavy atom. The predicted octanol–water partition coefficient (Wildman–Crippen LogP) is 4.99. The highest BCUT2D eigenvalue weighted by molar-refractivity contribution is 5.81. The van der Waals surface area contributed by atoms with Gasteiger partial charge in [-0.25, -0.2) is 14.5 Å². The standard InChI is InChI=1S/C26H27F3N8/c1-18(31-11-6-15-36-13-2-3-14-36)19-17-30-12-10-20(19)33-25-22-8-5-16-37(22)35-24(34-25)21-7-4-9-23(32-21)26(27,28)29/h4-5,7-10,12,16-17,31H,1-3,6,11,13-15H2,(H,30,33,34,35). The smallest absolute Gasteiger partial charge is 0.385 e. The van der Waals surface area contributed by atoms with Crippen molar-refractivity contribution < 1.29 is 13.2 Å². The minimum absolute atomic E-state index is 0.0208. The Morgan fingerprint density at radius 3 is 2.70 bits per heavy atom. The average molecular weight is 509 g/mol. The molecule has 8 nitrogen and oxygen atoms in total. The van der Waals surface area contributed by atoms with Crippen LogP contribution >= 0.6 is 0 Å². The van der Waals surface area contributed by atoms with Crippen LogP contribution in [0.25, 0.3) is 22.7 Å². The fraction of sp³-hybridized carbons (Fsp3) is 0.308. The predicted molar refractivity (Wildman–Crippen MR) is 136 cm³/mol. The van der Waals surface area contributed by atoms with Crippen LogP contribution in [0.3, 0.4) is 0 Å². The van der Waals surface area contributed by atoms with Crippen LogP contribution < -0.4 is 10.6 Å². The molecule has 0 amide bonds. The van der Waals surface area contributed by atoms with E-state index in [1.54, 1.807) is 35.2 Å². The number of pyridine rings is 2. The molecule has 0 aliphatic carbocycles. The first-order valence-electron chi connectivity index (χ1n) is 12.1. The number of aromatic nitrogens is 5. The van der Waals surface area contributed by atoms with Gasteiger partial charge in [-0.15, -0.1) is 5.10 Å². The van der Waals surface area contributed by atoms with Crippen LogP contribution in [-0.4, -0.2) is 55.6 Å². The molecule has 5 rings (SSSR count). The molecule has 192 valence electrons. The van der Waals surface area contributed by atoms with Crippen molar-refractivity contribution >= 4 is 22.7 Å². The molecule has 4 aromatic rings. The number of hydrogen-bond donors (Lipinski definition) is 2. The zero-order valence-electron chi connectivity index (χ0n) is 20.2. The lowest BCUT2D eigenvalue weighted by molar-refractivity contribution is -0.141. The van der Waals surface area contributed by atoms with Gasteiger partial charge in [0.15, 0.2) is 5.82 Å². The van der Waals surface area contributed by atoms with Crippen molar-refractivity contribution in [3.8, 4) is 11.5 Å². The minimum Gasteiger partial charge on any atom is -0.385 e. The minimum atomic E-state index is -4.57. The van der Waals surface area contributed by atoms with Crippen molar-refractivity contribution in [2.24, 2.45) is 0 Å². The van der Waals surface area contributed by atoms with Crippen LogP contribution in [0.4, 0.5) is 24.7 Å². The molecule has 0 atom stereocenters. The second kappa shape index (κ2) is 10.6. The van der Waals surface area contributed by atoms with Crippen molar-refractivity contribution in [1.29, 1.82) is 0 Å². The Bertz CT molecular complexity index is 1390. The normalized spacial score (nSPS) is 14.2. The van der Waals surface area contributed by atoms with Crippen molar-refractivity contribution in [2.75, 3.05) is 31.5 Å². The summed E-state index contributed by atoms with van der Waals surface area (Å²) in [5, 5.41) is 11.0. The summed E-state index contributed by atoms with van der Waals surface area (Å²) in [5.41, 5.74) is 1.87. The second-order valence-electron chi connectivity index (χ2n) is 8.88. The van der Waals surface area contributed by atoms with Gasteiger partial charge in [0.1, 0.15) is 16.9 Å². The quantitative estimate of drug-likeness (QED) is 0.308. The van der Waals surface area contributed by atoms with E-state index < -0.39 is 11.9 Å². The van der Waals surface area contributed by atoms with Gasteiger partial charge in [-0.2, -0.15) is 13.2 Å².